The zero-order valence-corrected chi connectivity index (χ0v) is 13.9. The van der Waals surface area contributed by atoms with E-state index in [1.807, 2.05) is 11.8 Å². The Labute approximate surface area is 127 Å². The summed E-state index contributed by atoms with van der Waals surface area (Å²) in [6.07, 6.45) is 2.90. The first-order valence-corrected chi connectivity index (χ1v) is 8.60. The largest absolute Gasteiger partial charge is 0.490 e. The van der Waals surface area contributed by atoms with Crippen LogP contribution in [0, 0.1) is 0 Å². The predicted octanol–water partition coefficient (Wildman–Crippen LogP) is 4.41. The average Bonchev–Trinajstić information content (AvgIpc) is 3.18. The van der Waals surface area contributed by atoms with Crippen LogP contribution in [0.3, 0.4) is 0 Å². The number of rotatable bonds is 7. The molecule has 1 saturated carbocycles. The maximum Gasteiger partial charge on any atom is 0.119 e. The summed E-state index contributed by atoms with van der Waals surface area (Å²) in [6, 6.07) is 9.04. The van der Waals surface area contributed by atoms with E-state index in [0.717, 1.165) is 18.0 Å². The van der Waals surface area contributed by atoms with Gasteiger partial charge >= 0.3 is 0 Å². The Balaban J connectivity index is 1.96. The lowest BCUT2D eigenvalue weighted by Crippen LogP contribution is -2.25. The molecule has 20 heavy (non-hydrogen) atoms. The number of hydrogen-bond donors (Lipinski definition) is 1. The van der Waals surface area contributed by atoms with Gasteiger partial charge in [0, 0.05) is 16.5 Å². The summed E-state index contributed by atoms with van der Waals surface area (Å²) < 4.78 is 6.12. The highest BCUT2D eigenvalue weighted by Gasteiger charge is 2.23. The third-order valence-corrected chi connectivity index (χ3v) is 4.61. The van der Waals surface area contributed by atoms with Crippen LogP contribution in [0.1, 0.15) is 52.1 Å². The number of thioether (sulfide) groups is 1. The average molecular weight is 293 g/mol. The summed E-state index contributed by atoms with van der Waals surface area (Å²) in [4.78, 5) is 0. The van der Waals surface area contributed by atoms with Crippen molar-refractivity contribution >= 4 is 11.8 Å². The number of benzene rings is 1. The van der Waals surface area contributed by atoms with Gasteiger partial charge in [0.05, 0.1) is 6.10 Å². The van der Waals surface area contributed by atoms with E-state index in [4.69, 9.17) is 4.74 Å². The Morgan fingerprint density at radius 3 is 2.40 bits per heavy atom. The third kappa shape index (κ3) is 5.37. The van der Waals surface area contributed by atoms with Crippen molar-refractivity contribution in [3.8, 4) is 5.75 Å². The summed E-state index contributed by atoms with van der Waals surface area (Å²) in [7, 11) is 0. The molecule has 1 aliphatic carbocycles. The summed E-state index contributed by atoms with van der Waals surface area (Å²) >= 11 is 2.01. The SMILES string of the molecule is CCNC(CSC(C)(C)C)c1ccc(OC2CC2)cc1. The van der Waals surface area contributed by atoms with Crippen molar-refractivity contribution in [3.63, 3.8) is 0 Å². The van der Waals surface area contributed by atoms with Gasteiger partial charge in [-0.15, -0.1) is 0 Å². The van der Waals surface area contributed by atoms with Crippen LogP contribution >= 0.6 is 11.8 Å². The van der Waals surface area contributed by atoms with Crippen molar-refractivity contribution < 1.29 is 4.74 Å². The molecule has 112 valence electrons. The summed E-state index contributed by atoms with van der Waals surface area (Å²) in [5.74, 6) is 2.11. The third-order valence-electron chi connectivity index (χ3n) is 3.24. The minimum absolute atomic E-state index is 0.308. The van der Waals surface area contributed by atoms with E-state index in [9.17, 15) is 0 Å². The second kappa shape index (κ2) is 6.86. The minimum Gasteiger partial charge on any atom is -0.490 e. The molecule has 2 nitrogen and oxygen atoms in total. The molecule has 0 saturated heterocycles. The molecule has 1 aromatic rings. The topological polar surface area (TPSA) is 21.3 Å². The van der Waals surface area contributed by atoms with Crippen LogP contribution < -0.4 is 10.1 Å². The smallest absolute Gasteiger partial charge is 0.119 e. The Morgan fingerprint density at radius 1 is 1.25 bits per heavy atom. The van der Waals surface area contributed by atoms with E-state index in [2.05, 4.69) is 57.3 Å². The van der Waals surface area contributed by atoms with Gasteiger partial charge < -0.3 is 10.1 Å². The van der Waals surface area contributed by atoms with Gasteiger partial charge in [0.1, 0.15) is 5.75 Å². The first-order chi connectivity index (χ1) is 9.48. The minimum atomic E-state index is 0.308. The molecule has 1 unspecified atom stereocenters. The Morgan fingerprint density at radius 2 is 1.90 bits per heavy atom. The van der Waals surface area contributed by atoms with Crippen molar-refractivity contribution in [1.29, 1.82) is 0 Å². The second-order valence-electron chi connectivity index (χ2n) is 6.42. The van der Waals surface area contributed by atoms with Gasteiger partial charge in [0.15, 0.2) is 0 Å². The molecule has 0 aromatic heterocycles. The highest BCUT2D eigenvalue weighted by molar-refractivity contribution is 8.00. The van der Waals surface area contributed by atoms with Gasteiger partial charge in [-0.05, 0) is 37.1 Å². The summed E-state index contributed by atoms with van der Waals surface area (Å²) in [6.45, 7) is 9.97. The summed E-state index contributed by atoms with van der Waals surface area (Å²) in [5, 5.41) is 3.58. The number of ether oxygens (including phenoxy) is 1. The molecule has 1 aromatic carbocycles. The van der Waals surface area contributed by atoms with Crippen molar-refractivity contribution in [2.24, 2.45) is 0 Å². The molecule has 1 fully saturated rings. The number of nitrogens with one attached hydrogen (secondary N) is 1. The fraction of sp³-hybridized carbons (Fsp3) is 0.647. The van der Waals surface area contributed by atoms with Gasteiger partial charge in [-0.25, -0.2) is 0 Å². The van der Waals surface area contributed by atoms with Gasteiger partial charge in [0.25, 0.3) is 0 Å². The lowest BCUT2D eigenvalue weighted by atomic mass is 10.1. The molecule has 1 N–H and O–H groups in total. The maximum absolute atomic E-state index is 5.81. The monoisotopic (exact) mass is 293 g/mol. The van der Waals surface area contributed by atoms with E-state index < -0.39 is 0 Å². The van der Waals surface area contributed by atoms with Gasteiger partial charge in [-0.1, -0.05) is 39.8 Å². The Hall–Kier alpha value is -0.670. The molecule has 0 amide bonds. The van der Waals surface area contributed by atoms with Crippen LogP contribution in [0.25, 0.3) is 0 Å². The van der Waals surface area contributed by atoms with Gasteiger partial charge in [-0.2, -0.15) is 11.8 Å². The van der Waals surface area contributed by atoms with Crippen molar-refractivity contribution in [2.75, 3.05) is 12.3 Å². The molecule has 3 heteroatoms. The molecular weight excluding hydrogens is 266 g/mol. The van der Waals surface area contributed by atoms with Crippen LogP contribution in [0.2, 0.25) is 0 Å². The molecule has 0 aliphatic heterocycles. The molecule has 0 bridgehead atoms. The predicted molar refractivity (Wildman–Crippen MR) is 88.7 cm³/mol. The molecule has 1 aliphatic rings. The van der Waals surface area contributed by atoms with Crippen LogP contribution in [-0.4, -0.2) is 23.1 Å². The zero-order valence-electron chi connectivity index (χ0n) is 13.1. The quantitative estimate of drug-likeness (QED) is 0.804. The lowest BCUT2D eigenvalue weighted by Gasteiger charge is -2.24. The lowest BCUT2D eigenvalue weighted by molar-refractivity contribution is 0.303. The van der Waals surface area contributed by atoms with Gasteiger partial charge in [0.2, 0.25) is 0 Å². The van der Waals surface area contributed by atoms with E-state index in [-0.39, 0.29) is 0 Å². The zero-order chi connectivity index (χ0) is 14.6. The Kier molecular flexibility index (Phi) is 5.39. The van der Waals surface area contributed by atoms with E-state index in [1.54, 1.807) is 0 Å². The fourth-order valence-corrected chi connectivity index (χ4v) is 2.99. The Bertz CT molecular complexity index is 406. The van der Waals surface area contributed by atoms with Gasteiger partial charge in [-0.3, -0.25) is 0 Å². The maximum atomic E-state index is 5.81. The van der Waals surface area contributed by atoms with E-state index in [1.165, 1.54) is 18.4 Å². The molecule has 0 radical (unpaired) electrons. The van der Waals surface area contributed by atoms with Crippen molar-refractivity contribution in [3.05, 3.63) is 29.8 Å². The molecule has 0 spiro atoms. The molecular formula is C17H27NOS. The summed E-state index contributed by atoms with van der Waals surface area (Å²) in [5.41, 5.74) is 1.35. The van der Waals surface area contributed by atoms with E-state index in [0.29, 0.717) is 16.9 Å². The van der Waals surface area contributed by atoms with Crippen LogP contribution in [-0.2, 0) is 0 Å². The fourth-order valence-electron chi connectivity index (χ4n) is 2.01. The second-order valence-corrected chi connectivity index (χ2v) is 8.27. The van der Waals surface area contributed by atoms with Crippen LogP contribution in [0.5, 0.6) is 5.75 Å². The first kappa shape index (κ1) is 15.7. The number of hydrogen-bond acceptors (Lipinski definition) is 3. The highest BCUT2D eigenvalue weighted by Crippen LogP contribution is 2.30. The standard InChI is InChI=1S/C17H27NOS/c1-5-18-16(12-20-17(2,3)4)13-6-8-14(9-7-13)19-15-10-11-15/h6-9,15-16,18H,5,10-12H2,1-4H3. The first-order valence-electron chi connectivity index (χ1n) is 7.62. The van der Waals surface area contributed by atoms with E-state index >= 15 is 0 Å². The van der Waals surface area contributed by atoms with Crippen LogP contribution in [0.4, 0.5) is 0 Å². The van der Waals surface area contributed by atoms with Crippen molar-refractivity contribution in [2.45, 2.75) is 57.4 Å². The molecule has 0 heterocycles. The molecule has 2 rings (SSSR count). The highest BCUT2D eigenvalue weighted by atomic mass is 32.2. The normalized spacial score (nSPS) is 17.0. The molecule has 1 atom stereocenters. The van der Waals surface area contributed by atoms with Crippen molar-refractivity contribution in [1.82, 2.24) is 5.32 Å². The van der Waals surface area contributed by atoms with Crippen LogP contribution in [0.15, 0.2) is 24.3 Å².